The molecule has 0 spiro atoms. The SMILES string of the molecule is O=C(NCc1ccc(OCc2cccc(F)c2)cc1)[C@H]1CCOC1. The van der Waals surface area contributed by atoms with Crippen molar-refractivity contribution >= 4 is 5.91 Å². The molecule has 0 saturated carbocycles. The molecule has 0 radical (unpaired) electrons. The number of hydrogen-bond donors (Lipinski definition) is 1. The zero-order chi connectivity index (χ0) is 16.8. The van der Waals surface area contributed by atoms with Crippen molar-refractivity contribution < 1.29 is 18.7 Å². The lowest BCUT2D eigenvalue weighted by Gasteiger charge is -2.10. The van der Waals surface area contributed by atoms with E-state index < -0.39 is 0 Å². The first-order valence-corrected chi connectivity index (χ1v) is 8.02. The van der Waals surface area contributed by atoms with E-state index in [1.54, 1.807) is 6.07 Å². The van der Waals surface area contributed by atoms with E-state index in [9.17, 15) is 9.18 Å². The van der Waals surface area contributed by atoms with Crippen molar-refractivity contribution in [2.45, 2.75) is 19.6 Å². The number of benzene rings is 2. The van der Waals surface area contributed by atoms with Gasteiger partial charge in [0.1, 0.15) is 18.2 Å². The maximum atomic E-state index is 13.1. The molecular formula is C19H20FNO3. The van der Waals surface area contributed by atoms with Gasteiger partial charge in [-0.3, -0.25) is 4.79 Å². The summed E-state index contributed by atoms with van der Waals surface area (Å²) >= 11 is 0. The molecule has 0 aliphatic carbocycles. The fourth-order valence-corrected chi connectivity index (χ4v) is 2.57. The van der Waals surface area contributed by atoms with Crippen LogP contribution in [0.1, 0.15) is 17.5 Å². The molecule has 1 heterocycles. The number of nitrogens with one attached hydrogen (secondary N) is 1. The van der Waals surface area contributed by atoms with E-state index in [-0.39, 0.29) is 17.6 Å². The highest BCUT2D eigenvalue weighted by Crippen LogP contribution is 2.16. The highest BCUT2D eigenvalue weighted by atomic mass is 19.1. The van der Waals surface area contributed by atoms with Gasteiger partial charge in [-0.1, -0.05) is 24.3 Å². The van der Waals surface area contributed by atoms with Crippen molar-refractivity contribution in [2.75, 3.05) is 13.2 Å². The zero-order valence-corrected chi connectivity index (χ0v) is 13.3. The average molecular weight is 329 g/mol. The second-order valence-electron chi connectivity index (χ2n) is 5.84. The van der Waals surface area contributed by atoms with Gasteiger partial charge >= 0.3 is 0 Å². The number of carbonyl (C=O) groups is 1. The molecule has 1 aliphatic rings. The zero-order valence-electron chi connectivity index (χ0n) is 13.3. The molecule has 1 saturated heterocycles. The van der Waals surface area contributed by atoms with Crippen LogP contribution in [0.3, 0.4) is 0 Å². The molecular weight excluding hydrogens is 309 g/mol. The van der Waals surface area contributed by atoms with Crippen LogP contribution >= 0.6 is 0 Å². The predicted octanol–water partition coefficient (Wildman–Crippen LogP) is 3.06. The Bertz CT molecular complexity index is 681. The smallest absolute Gasteiger partial charge is 0.225 e. The van der Waals surface area contributed by atoms with Gasteiger partial charge in [-0.05, 0) is 41.8 Å². The summed E-state index contributed by atoms with van der Waals surface area (Å²) in [6.07, 6.45) is 0.790. The Morgan fingerprint density at radius 1 is 1.21 bits per heavy atom. The lowest BCUT2D eigenvalue weighted by molar-refractivity contribution is -0.125. The number of rotatable bonds is 6. The predicted molar refractivity (Wildman–Crippen MR) is 87.9 cm³/mol. The lowest BCUT2D eigenvalue weighted by atomic mass is 10.1. The van der Waals surface area contributed by atoms with Gasteiger partial charge in [-0.15, -0.1) is 0 Å². The normalized spacial score (nSPS) is 16.8. The minimum Gasteiger partial charge on any atom is -0.489 e. The van der Waals surface area contributed by atoms with Crippen LogP contribution in [-0.2, 0) is 22.7 Å². The van der Waals surface area contributed by atoms with Gasteiger partial charge in [-0.2, -0.15) is 0 Å². The summed E-state index contributed by atoms with van der Waals surface area (Å²) < 4.78 is 24.0. The van der Waals surface area contributed by atoms with Gasteiger partial charge in [0, 0.05) is 13.2 Å². The third-order valence-electron chi connectivity index (χ3n) is 3.99. The molecule has 1 N–H and O–H groups in total. The highest BCUT2D eigenvalue weighted by molar-refractivity contribution is 5.78. The van der Waals surface area contributed by atoms with E-state index in [2.05, 4.69) is 5.32 Å². The first-order valence-electron chi connectivity index (χ1n) is 8.02. The van der Waals surface area contributed by atoms with Crippen LogP contribution in [0.15, 0.2) is 48.5 Å². The van der Waals surface area contributed by atoms with Gasteiger partial charge in [0.2, 0.25) is 5.91 Å². The van der Waals surface area contributed by atoms with Crippen molar-refractivity contribution in [3.8, 4) is 5.75 Å². The fourth-order valence-electron chi connectivity index (χ4n) is 2.57. The first kappa shape index (κ1) is 16.5. The molecule has 0 unspecified atom stereocenters. The topological polar surface area (TPSA) is 47.6 Å². The standard InChI is InChI=1S/C19H20FNO3/c20-17-3-1-2-15(10-17)12-24-18-6-4-14(5-7-18)11-21-19(22)16-8-9-23-13-16/h1-7,10,16H,8-9,11-13H2,(H,21,22)/t16-/m0/s1. The second-order valence-corrected chi connectivity index (χ2v) is 5.84. The van der Waals surface area contributed by atoms with Crippen LogP contribution in [0.4, 0.5) is 4.39 Å². The number of ether oxygens (including phenoxy) is 2. The van der Waals surface area contributed by atoms with E-state index >= 15 is 0 Å². The van der Waals surface area contributed by atoms with Crippen molar-refractivity contribution in [3.63, 3.8) is 0 Å². The van der Waals surface area contributed by atoms with Crippen molar-refractivity contribution in [2.24, 2.45) is 5.92 Å². The van der Waals surface area contributed by atoms with Gasteiger partial charge in [0.25, 0.3) is 0 Å². The molecule has 0 bridgehead atoms. The maximum absolute atomic E-state index is 13.1. The Hall–Kier alpha value is -2.40. The molecule has 4 nitrogen and oxygen atoms in total. The second kappa shape index (κ2) is 7.93. The van der Waals surface area contributed by atoms with Crippen LogP contribution in [0.25, 0.3) is 0 Å². The third-order valence-corrected chi connectivity index (χ3v) is 3.99. The van der Waals surface area contributed by atoms with Crippen LogP contribution in [0, 0.1) is 11.7 Å². The molecule has 1 amide bonds. The van der Waals surface area contributed by atoms with Gasteiger partial charge < -0.3 is 14.8 Å². The largest absolute Gasteiger partial charge is 0.489 e. The number of amides is 1. The Morgan fingerprint density at radius 3 is 2.75 bits per heavy atom. The fraction of sp³-hybridized carbons (Fsp3) is 0.316. The summed E-state index contributed by atoms with van der Waals surface area (Å²) in [6, 6.07) is 13.9. The Balaban J connectivity index is 1.47. The molecule has 126 valence electrons. The molecule has 5 heteroatoms. The number of halogens is 1. The van der Waals surface area contributed by atoms with Crippen molar-refractivity contribution in [1.82, 2.24) is 5.32 Å². The minimum atomic E-state index is -0.269. The minimum absolute atomic E-state index is 0.0288. The Kier molecular flexibility index (Phi) is 5.43. The monoisotopic (exact) mass is 329 g/mol. The van der Waals surface area contributed by atoms with E-state index in [1.165, 1.54) is 12.1 Å². The molecule has 1 aliphatic heterocycles. The summed E-state index contributed by atoms with van der Waals surface area (Å²) in [5.74, 6) is 0.450. The van der Waals surface area contributed by atoms with Crippen LogP contribution < -0.4 is 10.1 Å². The van der Waals surface area contributed by atoms with E-state index in [0.717, 1.165) is 17.5 Å². The van der Waals surface area contributed by atoms with Gasteiger partial charge in [0.15, 0.2) is 0 Å². The summed E-state index contributed by atoms with van der Waals surface area (Å²) in [6.45, 7) is 1.98. The third kappa shape index (κ3) is 4.55. The van der Waals surface area contributed by atoms with E-state index in [4.69, 9.17) is 9.47 Å². The van der Waals surface area contributed by atoms with Crippen molar-refractivity contribution in [1.29, 1.82) is 0 Å². The molecule has 1 fully saturated rings. The van der Waals surface area contributed by atoms with Gasteiger partial charge in [-0.25, -0.2) is 4.39 Å². The lowest BCUT2D eigenvalue weighted by Crippen LogP contribution is -2.30. The highest BCUT2D eigenvalue weighted by Gasteiger charge is 2.22. The average Bonchev–Trinajstić information content (AvgIpc) is 3.13. The summed E-state index contributed by atoms with van der Waals surface area (Å²) in [7, 11) is 0. The van der Waals surface area contributed by atoms with Crippen LogP contribution in [0.2, 0.25) is 0 Å². The molecule has 2 aromatic carbocycles. The van der Waals surface area contributed by atoms with Crippen molar-refractivity contribution in [3.05, 3.63) is 65.5 Å². The quantitative estimate of drug-likeness (QED) is 0.886. The maximum Gasteiger partial charge on any atom is 0.225 e. The number of hydrogen-bond acceptors (Lipinski definition) is 3. The number of carbonyl (C=O) groups excluding carboxylic acids is 1. The molecule has 3 rings (SSSR count). The summed E-state index contributed by atoms with van der Waals surface area (Å²) in [4.78, 5) is 11.9. The van der Waals surface area contributed by atoms with Crippen LogP contribution in [0.5, 0.6) is 5.75 Å². The molecule has 1 atom stereocenters. The summed E-state index contributed by atoms with van der Waals surface area (Å²) in [5, 5.41) is 2.92. The Labute approximate surface area is 140 Å². The van der Waals surface area contributed by atoms with Crippen LogP contribution in [-0.4, -0.2) is 19.1 Å². The molecule has 2 aromatic rings. The first-order chi connectivity index (χ1) is 11.7. The Morgan fingerprint density at radius 2 is 2.04 bits per heavy atom. The molecule has 0 aromatic heterocycles. The summed E-state index contributed by atoms with van der Waals surface area (Å²) in [5.41, 5.74) is 1.78. The van der Waals surface area contributed by atoms with E-state index in [0.29, 0.717) is 32.1 Å². The molecule has 24 heavy (non-hydrogen) atoms. The van der Waals surface area contributed by atoms with E-state index in [1.807, 2.05) is 30.3 Å². The van der Waals surface area contributed by atoms with Gasteiger partial charge in [0.05, 0.1) is 12.5 Å².